The van der Waals surface area contributed by atoms with Crippen LogP contribution in [0.2, 0.25) is 0 Å². The minimum Gasteiger partial charge on any atom is -0.490 e. The third-order valence-corrected chi connectivity index (χ3v) is 6.55. The average Bonchev–Trinajstić information content (AvgIpc) is 3.63. The Labute approximate surface area is 250 Å². The average molecular weight is 591 g/mol. The highest BCUT2D eigenvalue weighted by molar-refractivity contribution is 5.87. The highest BCUT2D eigenvalue weighted by atomic mass is 16.6. The van der Waals surface area contributed by atoms with Gasteiger partial charge in [-0.15, -0.1) is 0 Å². The minimum atomic E-state index is -0.499. The summed E-state index contributed by atoms with van der Waals surface area (Å²) in [5.41, 5.74) is 1.77. The molecule has 2 fully saturated rings. The molecule has 43 heavy (non-hydrogen) atoms. The topological polar surface area (TPSA) is 116 Å². The largest absolute Gasteiger partial charge is 0.490 e. The second kappa shape index (κ2) is 16.1. The molecule has 2 heterocycles. The van der Waals surface area contributed by atoms with E-state index in [1.807, 2.05) is 36.4 Å². The van der Waals surface area contributed by atoms with E-state index in [-0.39, 0.29) is 51.2 Å². The van der Waals surface area contributed by atoms with Crippen LogP contribution < -0.4 is 9.47 Å². The van der Waals surface area contributed by atoms with E-state index in [0.29, 0.717) is 18.1 Å². The van der Waals surface area contributed by atoms with Gasteiger partial charge in [-0.2, -0.15) is 0 Å². The molecule has 2 saturated heterocycles. The molecule has 2 aliphatic rings. The van der Waals surface area contributed by atoms with Gasteiger partial charge in [-0.3, -0.25) is 0 Å². The predicted octanol–water partition coefficient (Wildman–Crippen LogP) is 3.95. The van der Waals surface area contributed by atoms with Crippen molar-refractivity contribution in [3.05, 3.63) is 97.1 Å². The molecule has 10 heteroatoms. The third-order valence-electron chi connectivity index (χ3n) is 6.55. The maximum atomic E-state index is 12.5. The molecule has 0 N–H and O–H groups in total. The van der Waals surface area contributed by atoms with Crippen LogP contribution in [-0.4, -0.2) is 75.9 Å². The zero-order valence-electron chi connectivity index (χ0n) is 23.6. The van der Waals surface area contributed by atoms with Crippen LogP contribution in [0.1, 0.15) is 11.1 Å². The molecule has 0 amide bonds. The van der Waals surface area contributed by atoms with E-state index in [0.717, 1.165) is 23.3 Å². The number of carbonyl (C=O) groups is 3. The fourth-order valence-electron chi connectivity index (χ4n) is 4.42. The van der Waals surface area contributed by atoms with Crippen molar-refractivity contribution in [3.8, 4) is 11.5 Å². The number of hydrogen-bond donors (Lipinski definition) is 0. The fraction of sp³-hybridized carbons (Fsp3) is 0.303. The summed E-state index contributed by atoms with van der Waals surface area (Å²) in [6, 6.07) is 14.6. The highest BCUT2D eigenvalue weighted by Crippen LogP contribution is 2.34. The molecule has 0 saturated carbocycles. The van der Waals surface area contributed by atoms with E-state index in [9.17, 15) is 14.4 Å². The smallest absolute Gasteiger partial charge is 0.331 e. The monoisotopic (exact) mass is 590 g/mol. The second-order valence-corrected chi connectivity index (χ2v) is 9.51. The molecule has 0 aromatic heterocycles. The molecule has 0 aliphatic carbocycles. The Morgan fingerprint density at radius 3 is 1.79 bits per heavy atom. The van der Waals surface area contributed by atoms with Crippen molar-refractivity contribution in [2.24, 2.45) is 5.92 Å². The zero-order valence-corrected chi connectivity index (χ0v) is 23.6. The van der Waals surface area contributed by atoms with Crippen LogP contribution in [0.15, 0.2) is 86.0 Å². The predicted molar refractivity (Wildman–Crippen MR) is 157 cm³/mol. The minimum absolute atomic E-state index is 0.0227. The summed E-state index contributed by atoms with van der Waals surface area (Å²) >= 11 is 0. The first-order valence-corrected chi connectivity index (χ1v) is 13.8. The quantitative estimate of drug-likeness (QED) is 0.131. The molecule has 4 rings (SSSR count). The van der Waals surface area contributed by atoms with Crippen LogP contribution in [0, 0.1) is 5.92 Å². The van der Waals surface area contributed by atoms with Gasteiger partial charge in [0.05, 0.1) is 19.3 Å². The Kier molecular flexibility index (Phi) is 11.7. The van der Waals surface area contributed by atoms with Crippen molar-refractivity contribution < 1.29 is 47.5 Å². The Morgan fingerprint density at radius 1 is 0.698 bits per heavy atom. The number of ether oxygens (including phenoxy) is 7. The zero-order chi connectivity index (χ0) is 30.4. The lowest BCUT2D eigenvalue weighted by Crippen LogP contribution is -2.32. The van der Waals surface area contributed by atoms with Crippen LogP contribution >= 0.6 is 0 Å². The van der Waals surface area contributed by atoms with Gasteiger partial charge < -0.3 is 33.2 Å². The maximum absolute atomic E-state index is 12.5. The molecule has 2 aromatic carbocycles. The van der Waals surface area contributed by atoms with E-state index < -0.39 is 24.0 Å². The summed E-state index contributed by atoms with van der Waals surface area (Å²) in [6.07, 6.45) is 8.23. The summed E-state index contributed by atoms with van der Waals surface area (Å²) in [6.45, 7) is 8.13. The number of fused-ring (bicyclic) bond motifs is 1. The van der Waals surface area contributed by atoms with Crippen molar-refractivity contribution in [3.63, 3.8) is 0 Å². The number of benzene rings is 2. The normalized spacial score (nSPS) is 20.8. The van der Waals surface area contributed by atoms with E-state index in [1.54, 1.807) is 30.3 Å². The Balaban J connectivity index is 1.18. The van der Waals surface area contributed by atoms with Gasteiger partial charge in [-0.05, 0) is 41.5 Å². The summed E-state index contributed by atoms with van der Waals surface area (Å²) in [4.78, 5) is 34.6. The molecular weight excluding hydrogens is 556 g/mol. The van der Waals surface area contributed by atoms with Crippen LogP contribution in [-0.2, 0) is 38.1 Å². The Bertz CT molecular complexity index is 1310. The first-order chi connectivity index (χ1) is 20.9. The molecule has 10 nitrogen and oxygen atoms in total. The van der Waals surface area contributed by atoms with Gasteiger partial charge in [0.2, 0.25) is 0 Å². The van der Waals surface area contributed by atoms with Crippen molar-refractivity contribution in [2.75, 3.05) is 39.6 Å². The highest BCUT2D eigenvalue weighted by Gasteiger charge is 2.48. The first kappa shape index (κ1) is 31.3. The molecular formula is C33H34O10. The van der Waals surface area contributed by atoms with E-state index in [2.05, 4.69) is 13.2 Å². The lowest BCUT2D eigenvalue weighted by Gasteiger charge is -2.15. The summed E-state index contributed by atoms with van der Waals surface area (Å²) in [7, 11) is 0. The Hall–Kier alpha value is -4.67. The number of carbonyl (C=O) groups excluding carboxylic acids is 3. The lowest BCUT2D eigenvalue weighted by atomic mass is 9.99. The summed E-state index contributed by atoms with van der Waals surface area (Å²) in [5.74, 6) is -0.167. The van der Waals surface area contributed by atoms with Crippen LogP contribution in [0.25, 0.3) is 12.2 Å². The first-order valence-electron chi connectivity index (χ1n) is 13.8. The molecule has 226 valence electrons. The lowest BCUT2D eigenvalue weighted by molar-refractivity contribution is -0.147. The number of hydrogen-bond acceptors (Lipinski definition) is 10. The van der Waals surface area contributed by atoms with Crippen molar-refractivity contribution in [2.45, 2.75) is 18.3 Å². The Morgan fingerprint density at radius 2 is 1.23 bits per heavy atom. The number of rotatable bonds is 15. The van der Waals surface area contributed by atoms with Gasteiger partial charge in [-0.1, -0.05) is 49.6 Å². The van der Waals surface area contributed by atoms with Crippen molar-refractivity contribution in [1.82, 2.24) is 0 Å². The molecule has 0 unspecified atom stereocenters. The molecule has 2 aromatic rings. The molecule has 0 radical (unpaired) electrons. The summed E-state index contributed by atoms with van der Waals surface area (Å²) in [5, 5.41) is 0. The molecule has 0 bridgehead atoms. The number of esters is 3. The van der Waals surface area contributed by atoms with Crippen LogP contribution in [0.5, 0.6) is 11.5 Å². The van der Waals surface area contributed by atoms with Gasteiger partial charge in [0.1, 0.15) is 44.0 Å². The van der Waals surface area contributed by atoms with Crippen molar-refractivity contribution in [1.29, 1.82) is 0 Å². The standard InChI is InChI=1S/C33H34O10/c1-3-29(34)39-19-17-37-26-12-6-23(7-13-26)5-11-25-21-41-33-28(22-42-32(25)33)43-31(36)16-10-24-8-14-27(15-9-24)38-18-20-40-30(35)4-2/h3-16,25,28,32-33H,1-2,17-22H2/b11-5?,16-10+/t25-,28-,32-,33-/m1/s1. The molecule has 0 spiro atoms. The van der Waals surface area contributed by atoms with E-state index in [1.165, 1.54) is 6.08 Å². The van der Waals surface area contributed by atoms with Crippen LogP contribution in [0.3, 0.4) is 0 Å². The van der Waals surface area contributed by atoms with Gasteiger partial charge in [0.25, 0.3) is 0 Å². The van der Waals surface area contributed by atoms with Gasteiger partial charge in [0.15, 0.2) is 6.10 Å². The maximum Gasteiger partial charge on any atom is 0.331 e. The third kappa shape index (κ3) is 9.69. The van der Waals surface area contributed by atoms with Gasteiger partial charge >= 0.3 is 17.9 Å². The SMILES string of the molecule is C=CC(=O)OCCOc1ccc(C=C[C@@H]2CO[C@H]3[C@@H]2OC[C@H]3OC(=O)/C=C/c2ccc(OCCOC(=O)C=C)cc2)cc1. The van der Waals surface area contributed by atoms with Gasteiger partial charge in [-0.25, -0.2) is 14.4 Å². The van der Waals surface area contributed by atoms with Gasteiger partial charge in [0, 0.05) is 24.1 Å². The van der Waals surface area contributed by atoms with Crippen molar-refractivity contribution >= 4 is 30.1 Å². The van der Waals surface area contributed by atoms with E-state index >= 15 is 0 Å². The fourth-order valence-corrected chi connectivity index (χ4v) is 4.42. The second-order valence-electron chi connectivity index (χ2n) is 9.51. The molecule has 2 aliphatic heterocycles. The van der Waals surface area contributed by atoms with Crippen LogP contribution in [0.4, 0.5) is 0 Å². The summed E-state index contributed by atoms with van der Waals surface area (Å²) < 4.78 is 38.3. The van der Waals surface area contributed by atoms with E-state index in [4.69, 9.17) is 33.2 Å². The molecule has 4 atom stereocenters.